The number of hydrogen-bond acceptors (Lipinski definition) is 4. The predicted molar refractivity (Wildman–Crippen MR) is 98.8 cm³/mol. The second-order valence-corrected chi connectivity index (χ2v) is 8.45. The summed E-state index contributed by atoms with van der Waals surface area (Å²) in [7, 11) is -3.97. The first-order valence-electron chi connectivity index (χ1n) is 8.76. The Hall–Kier alpha value is -2.66. The van der Waals surface area contributed by atoms with E-state index in [-0.39, 0.29) is 5.69 Å². The second kappa shape index (κ2) is 7.99. The number of amides is 1. The summed E-state index contributed by atoms with van der Waals surface area (Å²) >= 11 is 0. The van der Waals surface area contributed by atoms with Crippen LogP contribution in [-0.2, 0) is 27.5 Å². The van der Waals surface area contributed by atoms with Crippen LogP contribution in [0.25, 0.3) is 0 Å². The molecule has 1 aliphatic rings. The lowest BCUT2D eigenvalue weighted by Crippen LogP contribution is -2.36. The zero-order chi connectivity index (χ0) is 21.2. The second-order valence-electron chi connectivity index (χ2n) is 6.54. The Labute approximate surface area is 164 Å². The molecule has 0 atom stereocenters. The number of benzene rings is 1. The number of anilines is 1. The number of halogens is 3. The molecule has 1 fully saturated rings. The third kappa shape index (κ3) is 4.67. The van der Waals surface area contributed by atoms with E-state index in [2.05, 4.69) is 5.32 Å². The summed E-state index contributed by atoms with van der Waals surface area (Å²) in [6.07, 6.45) is -1.90. The number of nitrogens with zero attached hydrogens (tertiary/aromatic N) is 2. The third-order valence-corrected chi connectivity index (χ3v) is 6.37. The molecule has 2 heterocycles. The standard InChI is InChI=1S/C18H18F3N3O4S/c19-18(20,21)13-5-3-6-14(11-13)22-16(25)12-23-8-4-7-15(17(23)26)29(27,28)24-9-1-2-10-24/h3-8,11H,1-2,9-10,12H2,(H,22,25). The first kappa shape index (κ1) is 21.1. The van der Waals surface area contributed by atoms with E-state index in [0.717, 1.165) is 22.8 Å². The fourth-order valence-corrected chi connectivity index (χ4v) is 4.64. The van der Waals surface area contributed by atoms with Crippen molar-refractivity contribution in [2.24, 2.45) is 0 Å². The van der Waals surface area contributed by atoms with Gasteiger partial charge in [-0.05, 0) is 43.2 Å². The molecule has 1 aromatic heterocycles. The van der Waals surface area contributed by atoms with E-state index in [1.165, 1.54) is 28.7 Å². The molecule has 2 aromatic rings. The maximum atomic E-state index is 12.8. The number of sulfonamides is 1. The molecule has 3 rings (SSSR count). The van der Waals surface area contributed by atoms with Gasteiger partial charge in [0.25, 0.3) is 5.56 Å². The van der Waals surface area contributed by atoms with Crippen LogP contribution in [0.2, 0.25) is 0 Å². The molecule has 0 radical (unpaired) electrons. The zero-order valence-corrected chi connectivity index (χ0v) is 16.0. The van der Waals surface area contributed by atoms with Gasteiger partial charge in [0.05, 0.1) is 5.56 Å². The summed E-state index contributed by atoms with van der Waals surface area (Å²) in [6, 6.07) is 6.58. The lowest BCUT2D eigenvalue weighted by Gasteiger charge is -2.16. The highest BCUT2D eigenvalue weighted by molar-refractivity contribution is 7.89. The van der Waals surface area contributed by atoms with E-state index in [1.54, 1.807) is 0 Å². The van der Waals surface area contributed by atoms with Gasteiger partial charge in [-0.2, -0.15) is 17.5 Å². The van der Waals surface area contributed by atoms with Crippen molar-refractivity contribution >= 4 is 21.6 Å². The summed E-state index contributed by atoms with van der Waals surface area (Å²) in [5, 5.41) is 2.28. The van der Waals surface area contributed by atoms with Gasteiger partial charge in [-0.3, -0.25) is 9.59 Å². The minimum atomic E-state index is -4.56. The van der Waals surface area contributed by atoms with Crippen LogP contribution in [0.15, 0.2) is 52.3 Å². The van der Waals surface area contributed by atoms with Crippen molar-refractivity contribution in [1.29, 1.82) is 0 Å². The van der Waals surface area contributed by atoms with Crippen LogP contribution < -0.4 is 10.9 Å². The molecule has 1 amide bonds. The molecule has 1 aromatic carbocycles. The SMILES string of the molecule is O=C(Cn1cccc(S(=O)(=O)N2CCCC2)c1=O)Nc1cccc(C(F)(F)F)c1. The average molecular weight is 429 g/mol. The van der Waals surface area contributed by atoms with Gasteiger partial charge in [0, 0.05) is 25.0 Å². The van der Waals surface area contributed by atoms with Crippen LogP contribution in [0.3, 0.4) is 0 Å². The molecule has 156 valence electrons. The third-order valence-electron chi connectivity index (χ3n) is 4.46. The number of pyridine rings is 1. The number of rotatable bonds is 5. The van der Waals surface area contributed by atoms with Crippen molar-refractivity contribution in [2.75, 3.05) is 18.4 Å². The number of nitrogens with one attached hydrogen (secondary N) is 1. The molecule has 29 heavy (non-hydrogen) atoms. The quantitative estimate of drug-likeness (QED) is 0.790. The van der Waals surface area contributed by atoms with E-state index in [9.17, 15) is 31.2 Å². The van der Waals surface area contributed by atoms with Crippen molar-refractivity contribution in [3.05, 3.63) is 58.5 Å². The lowest BCUT2D eigenvalue weighted by atomic mass is 10.2. The van der Waals surface area contributed by atoms with Gasteiger partial charge in [-0.25, -0.2) is 8.42 Å². The topological polar surface area (TPSA) is 88.5 Å². The average Bonchev–Trinajstić information content (AvgIpc) is 3.18. The van der Waals surface area contributed by atoms with Crippen molar-refractivity contribution in [3.63, 3.8) is 0 Å². The normalized spacial score (nSPS) is 15.4. The minimum absolute atomic E-state index is 0.0845. The first-order valence-corrected chi connectivity index (χ1v) is 10.2. The van der Waals surface area contributed by atoms with E-state index in [0.29, 0.717) is 25.9 Å². The smallest absolute Gasteiger partial charge is 0.325 e. The fourth-order valence-electron chi connectivity index (χ4n) is 3.03. The van der Waals surface area contributed by atoms with E-state index in [1.807, 2.05) is 0 Å². The van der Waals surface area contributed by atoms with Gasteiger partial charge in [-0.15, -0.1) is 0 Å². The highest BCUT2D eigenvalue weighted by Gasteiger charge is 2.31. The molecule has 11 heteroatoms. The number of hydrogen-bond donors (Lipinski definition) is 1. The van der Waals surface area contributed by atoms with Gasteiger partial charge in [0.15, 0.2) is 0 Å². The van der Waals surface area contributed by atoms with Crippen molar-refractivity contribution < 1.29 is 26.4 Å². The van der Waals surface area contributed by atoms with Crippen LogP contribution in [0.1, 0.15) is 18.4 Å². The predicted octanol–water partition coefficient (Wildman–Crippen LogP) is 2.29. The molecule has 0 unspecified atom stereocenters. The Morgan fingerprint density at radius 1 is 1.10 bits per heavy atom. The van der Waals surface area contributed by atoms with Crippen LogP contribution >= 0.6 is 0 Å². The Bertz CT molecular complexity index is 1070. The molecule has 1 aliphatic heterocycles. The van der Waals surface area contributed by atoms with Crippen molar-refractivity contribution in [2.45, 2.75) is 30.5 Å². The van der Waals surface area contributed by atoms with Gasteiger partial charge in [0.1, 0.15) is 11.4 Å². The summed E-state index contributed by atoms with van der Waals surface area (Å²) in [5.74, 6) is -0.762. The monoisotopic (exact) mass is 429 g/mol. The van der Waals surface area contributed by atoms with Crippen molar-refractivity contribution in [3.8, 4) is 0 Å². The molecular formula is C18H18F3N3O4S. The van der Waals surface area contributed by atoms with E-state index >= 15 is 0 Å². The largest absolute Gasteiger partial charge is 0.416 e. The molecular weight excluding hydrogens is 411 g/mol. The van der Waals surface area contributed by atoms with Gasteiger partial charge >= 0.3 is 6.18 Å². The molecule has 1 saturated heterocycles. The van der Waals surface area contributed by atoms with Gasteiger partial charge < -0.3 is 9.88 Å². The van der Waals surface area contributed by atoms with Crippen molar-refractivity contribution in [1.82, 2.24) is 8.87 Å². The molecule has 7 nitrogen and oxygen atoms in total. The highest BCUT2D eigenvalue weighted by atomic mass is 32.2. The number of carbonyl (C=O) groups is 1. The zero-order valence-electron chi connectivity index (χ0n) is 15.1. The number of alkyl halides is 3. The summed E-state index contributed by atoms with van der Waals surface area (Å²) in [6.45, 7) is 0.109. The maximum Gasteiger partial charge on any atom is 0.416 e. The highest BCUT2D eigenvalue weighted by Crippen LogP contribution is 2.30. The summed E-state index contributed by atoms with van der Waals surface area (Å²) < 4.78 is 65.7. The fraction of sp³-hybridized carbons (Fsp3) is 0.333. The Morgan fingerprint density at radius 3 is 2.45 bits per heavy atom. The summed E-state index contributed by atoms with van der Waals surface area (Å²) in [5.41, 5.74) is -1.87. The molecule has 0 spiro atoms. The maximum absolute atomic E-state index is 12.8. The van der Waals surface area contributed by atoms with Crippen LogP contribution in [-0.4, -0.2) is 36.3 Å². The van der Waals surface area contributed by atoms with Crippen LogP contribution in [0, 0.1) is 0 Å². The number of carbonyl (C=O) groups excluding carboxylic acids is 1. The Balaban J connectivity index is 1.79. The first-order chi connectivity index (χ1) is 13.6. The van der Waals surface area contributed by atoms with Gasteiger partial charge in [0.2, 0.25) is 15.9 Å². The van der Waals surface area contributed by atoms with E-state index < -0.39 is 44.7 Å². The van der Waals surface area contributed by atoms with E-state index in [4.69, 9.17) is 0 Å². The minimum Gasteiger partial charge on any atom is -0.325 e. The molecule has 0 saturated carbocycles. The molecule has 0 bridgehead atoms. The Kier molecular flexibility index (Phi) is 5.80. The van der Waals surface area contributed by atoms with Gasteiger partial charge in [-0.1, -0.05) is 6.07 Å². The molecule has 1 N–H and O–H groups in total. The van der Waals surface area contributed by atoms with Crippen LogP contribution in [0.5, 0.6) is 0 Å². The lowest BCUT2D eigenvalue weighted by molar-refractivity contribution is -0.137. The number of aromatic nitrogens is 1. The summed E-state index contributed by atoms with van der Waals surface area (Å²) in [4.78, 5) is 24.3. The van der Waals surface area contributed by atoms with Crippen LogP contribution in [0.4, 0.5) is 18.9 Å². The Morgan fingerprint density at radius 2 is 1.79 bits per heavy atom. The molecule has 0 aliphatic carbocycles.